The summed E-state index contributed by atoms with van der Waals surface area (Å²) in [5.41, 5.74) is -0.675. The molecule has 2 N–H and O–H groups in total. The van der Waals surface area contributed by atoms with Gasteiger partial charge in [0.05, 0.1) is 12.9 Å². The summed E-state index contributed by atoms with van der Waals surface area (Å²) in [5, 5.41) is 11.5. The minimum Gasteiger partial charge on any atom is -0.480 e. The van der Waals surface area contributed by atoms with E-state index in [4.69, 9.17) is 4.74 Å². The van der Waals surface area contributed by atoms with Gasteiger partial charge in [-0.1, -0.05) is 0 Å². The molecule has 7 nitrogen and oxygen atoms in total. The second-order valence-corrected chi connectivity index (χ2v) is 7.06. The average molecular weight is 507 g/mol. The number of nitrogens with zero attached hydrogens (tertiary/aromatic N) is 2. The molecule has 0 radical (unpaired) electrons. The number of hydrogen-bond donors (Lipinski definition) is 2. The van der Waals surface area contributed by atoms with Gasteiger partial charge in [-0.05, 0) is 66.0 Å². The highest BCUT2D eigenvalue weighted by atomic mass is 127. The van der Waals surface area contributed by atoms with E-state index in [9.17, 15) is 14.7 Å². The Morgan fingerprint density at radius 3 is 2.50 bits per heavy atom. The Hall–Kier alpha value is -0.590. The first-order valence-electron chi connectivity index (χ1n) is 5.68. The molecule has 112 valence electrons. The maximum absolute atomic E-state index is 11.6. The van der Waals surface area contributed by atoms with E-state index >= 15 is 0 Å². The van der Waals surface area contributed by atoms with Crippen molar-refractivity contribution in [3.05, 3.63) is 13.7 Å². The third-order valence-electron chi connectivity index (χ3n) is 2.10. The van der Waals surface area contributed by atoms with E-state index in [0.717, 1.165) is 7.40 Å². The summed E-state index contributed by atoms with van der Waals surface area (Å²) >= 11 is 4.12. The molecular formula is C11H15I2N3O4. The minimum atomic E-state index is -1.13. The number of aromatic nitrogens is 2. The summed E-state index contributed by atoms with van der Waals surface area (Å²) in [7, 11) is 0. The monoisotopic (exact) mass is 507 g/mol. The molecule has 1 aromatic rings. The second kappa shape index (κ2) is 6.91. The van der Waals surface area contributed by atoms with Gasteiger partial charge in [0.15, 0.2) is 0 Å². The Labute approximate surface area is 143 Å². The van der Waals surface area contributed by atoms with Crippen LogP contribution in [0.1, 0.15) is 20.8 Å². The molecule has 1 rings (SSSR count). The molecule has 0 fully saturated rings. The van der Waals surface area contributed by atoms with E-state index in [1.807, 2.05) is 0 Å². The number of halogens is 2. The van der Waals surface area contributed by atoms with Crippen LogP contribution in [0, 0.1) is 7.40 Å². The number of carbonyl (C=O) groups is 2. The van der Waals surface area contributed by atoms with Crippen molar-refractivity contribution < 1.29 is 19.4 Å². The Balaban J connectivity index is 2.73. The van der Waals surface area contributed by atoms with Gasteiger partial charge in [-0.15, -0.1) is 0 Å². The maximum atomic E-state index is 11.6. The number of carbonyl (C=O) groups excluding carboxylic acids is 1. The van der Waals surface area contributed by atoms with Crippen LogP contribution in [-0.2, 0) is 16.1 Å². The van der Waals surface area contributed by atoms with Crippen molar-refractivity contribution in [2.45, 2.75) is 39.0 Å². The molecule has 0 saturated carbocycles. The smallest absolute Gasteiger partial charge is 0.408 e. The van der Waals surface area contributed by atoms with Crippen LogP contribution in [0.5, 0.6) is 0 Å². The first-order valence-corrected chi connectivity index (χ1v) is 7.84. The Kier molecular flexibility index (Phi) is 6.04. The van der Waals surface area contributed by atoms with Gasteiger partial charge in [-0.25, -0.2) is 14.6 Å². The lowest BCUT2D eigenvalue weighted by molar-refractivity contribution is -0.139. The molecule has 0 spiro atoms. The van der Waals surface area contributed by atoms with Gasteiger partial charge in [0.25, 0.3) is 0 Å². The molecule has 0 aromatic carbocycles. The molecule has 0 aliphatic heterocycles. The third kappa shape index (κ3) is 5.42. The number of alkyl carbamates (subject to hydrolysis) is 1. The first kappa shape index (κ1) is 17.5. The van der Waals surface area contributed by atoms with Gasteiger partial charge in [0, 0.05) is 0 Å². The molecular weight excluding hydrogens is 492 g/mol. The summed E-state index contributed by atoms with van der Waals surface area (Å²) in [6.45, 7) is 5.22. The predicted octanol–water partition coefficient (Wildman–Crippen LogP) is 2.07. The highest BCUT2D eigenvalue weighted by Gasteiger charge is 2.25. The Morgan fingerprint density at radius 2 is 2.10 bits per heavy atom. The van der Waals surface area contributed by atoms with Gasteiger partial charge in [0.1, 0.15) is 19.0 Å². The van der Waals surface area contributed by atoms with E-state index < -0.39 is 23.7 Å². The number of ether oxygens (including phenoxy) is 1. The number of rotatable bonds is 4. The van der Waals surface area contributed by atoms with Crippen LogP contribution in [0.25, 0.3) is 0 Å². The van der Waals surface area contributed by atoms with Gasteiger partial charge >= 0.3 is 12.1 Å². The quantitative estimate of drug-likeness (QED) is 0.610. The van der Waals surface area contributed by atoms with Crippen molar-refractivity contribution in [1.29, 1.82) is 0 Å². The fourth-order valence-corrected chi connectivity index (χ4v) is 2.20. The van der Waals surface area contributed by atoms with E-state index in [2.05, 4.69) is 55.5 Å². The number of amides is 1. The molecule has 0 bridgehead atoms. The summed E-state index contributed by atoms with van der Waals surface area (Å²) < 4.78 is 8.32. The number of nitrogens with one attached hydrogen (secondary N) is 1. The molecule has 20 heavy (non-hydrogen) atoms. The Bertz CT molecular complexity index is 510. The fraction of sp³-hybridized carbons (Fsp3) is 0.545. The van der Waals surface area contributed by atoms with Gasteiger partial charge in [-0.3, -0.25) is 0 Å². The van der Waals surface area contributed by atoms with Crippen molar-refractivity contribution in [2.24, 2.45) is 0 Å². The number of hydrogen-bond acceptors (Lipinski definition) is 4. The zero-order valence-electron chi connectivity index (χ0n) is 11.2. The molecule has 1 unspecified atom stereocenters. The van der Waals surface area contributed by atoms with Crippen LogP contribution in [0.15, 0.2) is 6.33 Å². The molecule has 0 saturated heterocycles. The van der Waals surface area contributed by atoms with E-state index in [0.29, 0.717) is 0 Å². The third-order valence-corrected chi connectivity index (χ3v) is 5.05. The highest BCUT2D eigenvalue weighted by Crippen LogP contribution is 2.14. The number of carboxylic acids is 1. The summed E-state index contributed by atoms with van der Waals surface area (Å²) in [5.74, 6) is -1.13. The van der Waals surface area contributed by atoms with Crippen LogP contribution >= 0.6 is 45.2 Å². The van der Waals surface area contributed by atoms with Crippen molar-refractivity contribution in [1.82, 2.24) is 14.9 Å². The van der Waals surface area contributed by atoms with Crippen LogP contribution in [0.2, 0.25) is 0 Å². The molecule has 1 heterocycles. The van der Waals surface area contributed by atoms with Crippen molar-refractivity contribution in [3.63, 3.8) is 0 Å². The van der Waals surface area contributed by atoms with Crippen molar-refractivity contribution in [2.75, 3.05) is 0 Å². The van der Waals surface area contributed by atoms with E-state index in [-0.39, 0.29) is 6.54 Å². The van der Waals surface area contributed by atoms with E-state index in [1.165, 1.54) is 6.33 Å². The number of carboxylic acid groups (broad SMARTS) is 1. The molecule has 1 atom stereocenters. The van der Waals surface area contributed by atoms with Crippen LogP contribution in [0.3, 0.4) is 0 Å². The first-order chi connectivity index (χ1) is 9.10. The minimum absolute atomic E-state index is 0.0862. The highest BCUT2D eigenvalue weighted by molar-refractivity contribution is 14.1. The summed E-state index contributed by atoms with van der Waals surface area (Å²) in [4.78, 5) is 26.9. The average Bonchev–Trinajstić information content (AvgIpc) is 2.57. The lowest BCUT2D eigenvalue weighted by Crippen LogP contribution is -2.45. The number of imidazole rings is 1. The zero-order valence-corrected chi connectivity index (χ0v) is 15.5. The molecule has 0 aliphatic carbocycles. The molecule has 0 aliphatic rings. The van der Waals surface area contributed by atoms with E-state index in [1.54, 1.807) is 25.3 Å². The van der Waals surface area contributed by atoms with Crippen molar-refractivity contribution in [3.8, 4) is 0 Å². The topological polar surface area (TPSA) is 93.5 Å². The van der Waals surface area contributed by atoms with Crippen LogP contribution in [0.4, 0.5) is 4.79 Å². The summed E-state index contributed by atoms with van der Waals surface area (Å²) in [6.07, 6.45) is 0.783. The Morgan fingerprint density at radius 1 is 1.50 bits per heavy atom. The predicted molar refractivity (Wildman–Crippen MR) is 88.5 cm³/mol. The lowest BCUT2D eigenvalue weighted by atomic mass is 10.2. The SMILES string of the molecule is CC(C)(C)OC(=O)NC(Cn1cnc(I)c1I)C(=O)O. The zero-order chi connectivity index (χ0) is 15.5. The standard InChI is InChI=1S/C11H15I2N3O4/c1-11(2,3)20-10(19)15-6(9(17)18)4-16-5-14-7(12)8(16)13/h5-6H,4H2,1-3H3,(H,15,19)(H,17,18). The molecule has 1 aromatic heterocycles. The fourth-order valence-electron chi connectivity index (χ4n) is 1.30. The maximum Gasteiger partial charge on any atom is 0.408 e. The second-order valence-electron chi connectivity index (χ2n) is 5.02. The number of aliphatic carboxylic acids is 1. The molecule has 9 heteroatoms. The lowest BCUT2D eigenvalue weighted by Gasteiger charge is -2.22. The molecule has 1 amide bonds. The van der Waals surface area contributed by atoms with Gasteiger partial charge in [0.2, 0.25) is 0 Å². The van der Waals surface area contributed by atoms with Gasteiger partial charge in [-0.2, -0.15) is 0 Å². The summed E-state index contributed by atoms with van der Waals surface area (Å²) in [6, 6.07) is -1.08. The van der Waals surface area contributed by atoms with Crippen LogP contribution < -0.4 is 5.32 Å². The van der Waals surface area contributed by atoms with Crippen molar-refractivity contribution >= 4 is 57.2 Å². The normalized spacial score (nSPS) is 12.8. The van der Waals surface area contributed by atoms with Crippen LogP contribution in [-0.4, -0.2) is 38.4 Å². The largest absolute Gasteiger partial charge is 0.480 e. The van der Waals surface area contributed by atoms with Gasteiger partial charge < -0.3 is 19.7 Å².